The van der Waals surface area contributed by atoms with Crippen LogP contribution in [0, 0.1) is 11.3 Å². The molecule has 3 aliphatic rings. The molecular weight excluding hydrogens is 436 g/mol. The highest BCUT2D eigenvalue weighted by Gasteiger charge is 2.45. The number of carbonyl (C=O) groups is 3. The molecule has 4 atom stereocenters. The molecule has 1 unspecified atom stereocenters. The van der Waals surface area contributed by atoms with Crippen LogP contribution in [0.2, 0.25) is 0 Å². The minimum atomic E-state index is -0.764. The van der Waals surface area contributed by atoms with Crippen LogP contribution in [0.25, 0.3) is 0 Å². The summed E-state index contributed by atoms with van der Waals surface area (Å²) in [5.41, 5.74) is 0.202. The molecule has 3 amide bonds. The van der Waals surface area contributed by atoms with Gasteiger partial charge in [-0.15, -0.1) is 5.10 Å². The molecule has 2 saturated heterocycles. The van der Waals surface area contributed by atoms with E-state index in [0.717, 1.165) is 25.0 Å². The fourth-order valence-electron chi connectivity index (χ4n) is 5.24. The maximum atomic E-state index is 13.7. The fourth-order valence-corrected chi connectivity index (χ4v) is 5.24. The Labute approximate surface area is 200 Å². The van der Waals surface area contributed by atoms with Gasteiger partial charge in [-0.25, -0.2) is 4.68 Å². The van der Waals surface area contributed by atoms with E-state index >= 15 is 0 Å². The van der Waals surface area contributed by atoms with Crippen molar-refractivity contribution in [2.75, 3.05) is 13.1 Å². The predicted molar refractivity (Wildman–Crippen MR) is 125 cm³/mol. The first-order valence-electron chi connectivity index (χ1n) is 12.4. The third kappa shape index (κ3) is 5.26. The van der Waals surface area contributed by atoms with E-state index in [0.29, 0.717) is 18.9 Å². The molecule has 34 heavy (non-hydrogen) atoms. The van der Waals surface area contributed by atoms with Gasteiger partial charge in [0.15, 0.2) is 0 Å². The van der Waals surface area contributed by atoms with Gasteiger partial charge in [0.05, 0.1) is 11.8 Å². The number of aliphatic hydroxyl groups excluding tert-OH is 1. The van der Waals surface area contributed by atoms with Gasteiger partial charge in [0.1, 0.15) is 12.1 Å². The average molecular weight is 475 g/mol. The minimum absolute atomic E-state index is 0.0127. The van der Waals surface area contributed by atoms with E-state index in [1.165, 1.54) is 4.90 Å². The molecule has 0 bridgehead atoms. The Morgan fingerprint density at radius 3 is 2.62 bits per heavy atom. The molecule has 1 aromatic rings. The van der Waals surface area contributed by atoms with Gasteiger partial charge in [0.2, 0.25) is 17.7 Å². The molecule has 1 aliphatic carbocycles. The van der Waals surface area contributed by atoms with Gasteiger partial charge < -0.3 is 20.6 Å². The number of β-amino-alcohol motifs (C(OH)–C–C–N with tert-alkyl or cyclic N) is 1. The molecule has 1 aromatic heterocycles. The molecule has 3 fully saturated rings. The van der Waals surface area contributed by atoms with Crippen molar-refractivity contribution in [1.82, 2.24) is 30.5 Å². The Morgan fingerprint density at radius 2 is 2.03 bits per heavy atom. The third-order valence-corrected chi connectivity index (χ3v) is 7.09. The summed E-state index contributed by atoms with van der Waals surface area (Å²) in [7, 11) is 0. The number of nitrogens with zero attached hydrogens (tertiary/aromatic N) is 4. The Bertz CT molecular complexity index is 948. The normalized spacial score (nSPS) is 27.5. The van der Waals surface area contributed by atoms with Gasteiger partial charge in [-0.3, -0.25) is 14.4 Å². The van der Waals surface area contributed by atoms with Crippen LogP contribution in [0.1, 0.15) is 84.4 Å². The molecule has 3 heterocycles. The van der Waals surface area contributed by atoms with Crippen molar-refractivity contribution in [3.63, 3.8) is 0 Å². The summed E-state index contributed by atoms with van der Waals surface area (Å²) in [6.07, 6.45) is 4.72. The lowest BCUT2D eigenvalue weighted by molar-refractivity contribution is -0.144. The van der Waals surface area contributed by atoms with Crippen molar-refractivity contribution in [3.05, 3.63) is 11.9 Å². The molecule has 0 aromatic carbocycles. The Kier molecular flexibility index (Phi) is 6.48. The number of aromatic nitrogens is 3. The first-order chi connectivity index (χ1) is 15.9. The molecule has 1 saturated carbocycles. The summed E-state index contributed by atoms with van der Waals surface area (Å²) in [6.45, 7) is 10.3. The summed E-state index contributed by atoms with van der Waals surface area (Å²) in [4.78, 5) is 40.4. The quantitative estimate of drug-likeness (QED) is 0.543. The lowest BCUT2D eigenvalue weighted by Gasteiger charge is -2.34. The lowest BCUT2D eigenvalue weighted by atomic mass is 9.85. The number of nitrogens with one attached hydrogen (secondary N) is 2. The van der Waals surface area contributed by atoms with Crippen molar-refractivity contribution < 1.29 is 19.5 Å². The molecular formula is C24H38N6O4. The summed E-state index contributed by atoms with van der Waals surface area (Å²) in [6, 6.07) is -1.40. The van der Waals surface area contributed by atoms with E-state index in [4.69, 9.17) is 0 Å². The van der Waals surface area contributed by atoms with Crippen LogP contribution in [0.5, 0.6) is 0 Å². The maximum Gasteiger partial charge on any atom is 0.248 e. The van der Waals surface area contributed by atoms with E-state index in [2.05, 4.69) is 20.9 Å². The van der Waals surface area contributed by atoms with Crippen LogP contribution >= 0.6 is 0 Å². The Hall–Kier alpha value is -2.49. The predicted octanol–water partition coefficient (Wildman–Crippen LogP) is 1.13. The molecule has 0 spiro atoms. The zero-order valence-electron chi connectivity index (χ0n) is 20.9. The van der Waals surface area contributed by atoms with Crippen LogP contribution in [0.3, 0.4) is 0 Å². The standard InChI is InChI=1S/C24H38N6O4/c1-23(2,3)19(30-13-17(27-28-30)14-6-7-14)22(34)29-12-16(31)10-18(29)21(33)25-9-8-15-11-24(4,5)26-20(15)32/h13-16,18-19,31H,6-12H2,1-5H3,(H,25,33)(H,26,32)/t15?,16-,18+,19-/m1/s1. The van der Waals surface area contributed by atoms with Crippen LogP contribution < -0.4 is 10.6 Å². The number of carbonyl (C=O) groups excluding carboxylic acids is 3. The minimum Gasteiger partial charge on any atom is -0.391 e. The molecule has 2 aliphatic heterocycles. The van der Waals surface area contributed by atoms with E-state index in [1.54, 1.807) is 4.68 Å². The molecule has 10 nitrogen and oxygen atoms in total. The molecule has 10 heteroatoms. The van der Waals surface area contributed by atoms with Crippen LogP contribution in [-0.4, -0.2) is 73.5 Å². The number of hydrogen-bond donors (Lipinski definition) is 3. The molecule has 3 N–H and O–H groups in total. The number of likely N-dealkylation sites (tertiary alicyclic amines) is 1. The number of aliphatic hydroxyl groups is 1. The van der Waals surface area contributed by atoms with Crippen molar-refractivity contribution in [1.29, 1.82) is 0 Å². The summed E-state index contributed by atoms with van der Waals surface area (Å²) in [5, 5.41) is 24.7. The van der Waals surface area contributed by atoms with Gasteiger partial charge in [0.25, 0.3) is 0 Å². The largest absolute Gasteiger partial charge is 0.391 e. The zero-order valence-corrected chi connectivity index (χ0v) is 20.9. The second kappa shape index (κ2) is 8.94. The van der Waals surface area contributed by atoms with Gasteiger partial charge in [0, 0.05) is 43.1 Å². The smallest absolute Gasteiger partial charge is 0.248 e. The molecule has 0 radical (unpaired) electrons. The third-order valence-electron chi connectivity index (χ3n) is 7.09. The Balaban J connectivity index is 1.43. The SMILES string of the molecule is CC1(C)CC(CCNC(=O)[C@@H]2C[C@@H](O)CN2C(=O)[C@@H](n2cc(C3CC3)nn2)C(C)(C)C)C(=O)N1. The maximum absolute atomic E-state index is 13.7. The van der Waals surface area contributed by atoms with Crippen LogP contribution in [0.15, 0.2) is 6.20 Å². The number of rotatable bonds is 7. The van der Waals surface area contributed by atoms with Crippen molar-refractivity contribution in [2.45, 2.75) is 96.4 Å². The topological polar surface area (TPSA) is 129 Å². The summed E-state index contributed by atoms with van der Waals surface area (Å²) >= 11 is 0. The second-order valence-corrected chi connectivity index (χ2v) is 11.9. The van der Waals surface area contributed by atoms with E-state index in [-0.39, 0.29) is 42.1 Å². The van der Waals surface area contributed by atoms with Gasteiger partial charge in [-0.1, -0.05) is 26.0 Å². The summed E-state index contributed by atoms with van der Waals surface area (Å²) < 4.78 is 1.62. The van der Waals surface area contributed by atoms with Gasteiger partial charge >= 0.3 is 0 Å². The first kappa shape index (κ1) is 24.6. The van der Waals surface area contributed by atoms with Gasteiger partial charge in [-0.05, 0) is 44.9 Å². The lowest BCUT2D eigenvalue weighted by Crippen LogP contribution is -2.50. The number of amides is 3. The molecule has 4 rings (SSSR count). The summed E-state index contributed by atoms with van der Waals surface area (Å²) in [5.74, 6) is -0.246. The van der Waals surface area contributed by atoms with E-state index in [9.17, 15) is 19.5 Å². The van der Waals surface area contributed by atoms with Crippen LogP contribution in [-0.2, 0) is 14.4 Å². The van der Waals surface area contributed by atoms with E-state index in [1.807, 2.05) is 40.8 Å². The Morgan fingerprint density at radius 1 is 1.32 bits per heavy atom. The highest BCUT2D eigenvalue weighted by molar-refractivity contribution is 5.90. The first-order valence-corrected chi connectivity index (χ1v) is 12.4. The molecule has 188 valence electrons. The van der Waals surface area contributed by atoms with Crippen LogP contribution in [0.4, 0.5) is 0 Å². The fraction of sp³-hybridized carbons (Fsp3) is 0.792. The average Bonchev–Trinajstić information content (AvgIpc) is 3.22. The van der Waals surface area contributed by atoms with Crippen molar-refractivity contribution in [2.24, 2.45) is 11.3 Å². The van der Waals surface area contributed by atoms with Gasteiger partial charge in [-0.2, -0.15) is 0 Å². The highest BCUT2D eigenvalue weighted by Crippen LogP contribution is 2.40. The monoisotopic (exact) mass is 474 g/mol. The van der Waals surface area contributed by atoms with Crippen molar-refractivity contribution in [3.8, 4) is 0 Å². The number of hydrogen-bond acceptors (Lipinski definition) is 6. The van der Waals surface area contributed by atoms with E-state index < -0.39 is 23.6 Å². The zero-order chi connectivity index (χ0) is 24.8. The van der Waals surface area contributed by atoms with Crippen molar-refractivity contribution >= 4 is 17.7 Å². The highest BCUT2D eigenvalue weighted by atomic mass is 16.3. The second-order valence-electron chi connectivity index (χ2n) is 11.9.